The number of nitrogens with zero attached hydrogens (tertiary/aromatic N) is 1. The molecule has 7 rings (SSSR count). The van der Waals surface area contributed by atoms with Crippen LogP contribution in [0.1, 0.15) is 77.0 Å². The molecule has 2 aliphatic heterocycles. The van der Waals surface area contributed by atoms with E-state index in [9.17, 15) is 4.79 Å². The Hall–Kier alpha value is -4.83. The van der Waals surface area contributed by atoms with Crippen LogP contribution in [0.5, 0.6) is 0 Å². The number of aromatic nitrogens is 4. The number of benzene rings is 1. The molecule has 10 bridgehead atoms. The van der Waals surface area contributed by atoms with Crippen molar-refractivity contribution < 1.29 is 28.0 Å². The summed E-state index contributed by atoms with van der Waals surface area (Å²) in [4.78, 5) is 39.6. The molecule has 1 aromatic carbocycles. The smallest absolute Gasteiger partial charge is 0.0693 e. The van der Waals surface area contributed by atoms with Gasteiger partial charge in [-0.1, -0.05) is 13.8 Å². The molecule has 8 heteroatoms. The predicted octanol–water partition coefficient (Wildman–Crippen LogP) is 2.30. The van der Waals surface area contributed by atoms with Gasteiger partial charge in [-0.2, -0.15) is 0 Å². The Labute approximate surface area is 303 Å². The van der Waals surface area contributed by atoms with Crippen LogP contribution in [0.25, 0.3) is 29.9 Å². The summed E-state index contributed by atoms with van der Waals surface area (Å²) < 4.78 is 6.63. The molecule has 0 amide bonds. The van der Waals surface area contributed by atoms with Crippen molar-refractivity contribution in [3.63, 3.8) is 0 Å². The van der Waals surface area contributed by atoms with Crippen LogP contribution in [0.2, 0.25) is 0 Å². The quantitative estimate of drug-likeness (QED) is 0.116. The minimum atomic E-state index is -1.71. The number of ether oxygens (including phenoxy) is 1. The first-order valence-electron chi connectivity index (χ1n) is 17.5. The Balaban J connectivity index is 1.39. The summed E-state index contributed by atoms with van der Waals surface area (Å²) >= 11 is -1.71. The Morgan fingerprint density at radius 1 is 0.745 bits per heavy atom. The fourth-order valence-electron chi connectivity index (χ4n) is 6.90. The molecule has 4 N–H and O–H groups in total. The van der Waals surface area contributed by atoms with Crippen molar-refractivity contribution in [1.29, 1.82) is 0 Å². The molecule has 6 heterocycles. The van der Waals surface area contributed by atoms with Crippen molar-refractivity contribution in [2.75, 3.05) is 25.8 Å². The number of esters is 1. The van der Waals surface area contributed by atoms with E-state index in [1.165, 1.54) is 22.3 Å². The summed E-state index contributed by atoms with van der Waals surface area (Å²) in [5.41, 5.74) is 13.6. The number of halogens is 1. The third kappa shape index (κ3) is 7.33. The second kappa shape index (κ2) is 14.1. The van der Waals surface area contributed by atoms with Gasteiger partial charge in [0, 0.05) is 22.1 Å². The molecule has 0 unspecified atom stereocenters. The zero-order chi connectivity index (χ0) is 35.9. The molecule has 0 saturated heterocycles. The van der Waals surface area contributed by atoms with Gasteiger partial charge in [-0.3, -0.25) is 0 Å². The molecule has 0 radical (unpaired) electrons. The maximum atomic E-state index is 12.9. The number of aliphatic imine (C=N–C) groups is 1. The van der Waals surface area contributed by atoms with E-state index in [-0.39, 0.29) is 5.97 Å². The monoisotopic (exact) mass is 792 g/mol. The first-order chi connectivity index (χ1) is 24.5. The molecule has 5 aromatic rings. The molecule has 0 saturated carbocycles. The Morgan fingerprint density at radius 2 is 1.45 bits per heavy atom. The number of hydrogen-bond acceptors (Lipinski definition) is 3. The van der Waals surface area contributed by atoms with Gasteiger partial charge in [0.05, 0.1) is 11.4 Å². The van der Waals surface area contributed by atoms with Gasteiger partial charge in [-0.05, 0) is 85.4 Å². The number of aromatic amines is 4. The third-order valence-electron chi connectivity index (χ3n) is 9.70. The number of nitrogens with one attached hydrogen (secondary N) is 4. The standard InChI is InChI=1S/C43H47IN5O2/c1-8-34-26(3)38-22-32-16-18-36(46-32)42(28-10-12-29(13-11-28)43(50)51-21-20-44(5,6)7)37-19-17-33(47-37)23-39-27(4)35(9-2)41(49-39)25-31-15-14-30(45-31)24-40(34)48-38/h10-19,22-25,45-48H,8-9,20-21H2,1-7H3/q-1/b30-24-,31-25-,32-22?,33-23?,38-22?,39-23-,40-24?,41-25?,42-36?,42-37?. The first kappa shape index (κ1) is 34.6. The SMILES string of the molecule is CCC1=C(C)/C2=C/c3ccc([nH]3)C(c3ccc(C(=O)OCC[I-](C)(C)C)cc3)=c3ccc([nH]3)=Cc3[nH]c(c(CC)c3C)/C=c3/cc/c([nH]3)=C/C1=N2. The fraction of sp³-hybridized carbons (Fsp3) is 0.256. The van der Waals surface area contributed by atoms with Gasteiger partial charge in [0.25, 0.3) is 0 Å². The van der Waals surface area contributed by atoms with Crippen LogP contribution in [0.15, 0.2) is 82.5 Å². The first-order valence-corrected chi connectivity index (χ1v) is 25.5. The van der Waals surface area contributed by atoms with E-state index in [0.29, 0.717) is 12.2 Å². The molecule has 264 valence electrons. The third-order valence-corrected chi connectivity index (χ3v) is 13.4. The summed E-state index contributed by atoms with van der Waals surface area (Å²) in [7, 11) is 0. The summed E-state index contributed by atoms with van der Waals surface area (Å²) in [6.07, 6.45) is 10.5. The molecule has 7 nitrogen and oxygen atoms in total. The molecule has 4 aromatic heterocycles. The Bertz CT molecular complexity index is 2490. The van der Waals surface area contributed by atoms with Crippen molar-refractivity contribution in [3.8, 4) is 0 Å². The molecule has 0 fully saturated rings. The number of alkyl halides is 4. The minimum absolute atomic E-state index is 0.275. The normalized spacial score (nSPS) is 17.0. The van der Waals surface area contributed by atoms with Crippen molar-refractivity contribution in [1.82, 2.24) is 19.9 Å². The van der Waals surface area contributed by atoms with Gasteiger partial charge in [0.1, 0.15) is 0 Å². The van der Waals surface area contributed by atoms with Gasteiger partial charge in [0.2, 0.25) is 0 Å². The second-order valence-corrected chi connectivity index (χ2v) is 26.2. The summed E-state index contributed by atoms with van der Waals surface area (Å²) in [6.45, 7) is 9.21. The Morgan fingerprint density at radius 3 is 2.18 bits per heavy atom. The van der Waals surface area contributed by atoms with E-state index >= 15 is 0 Å². The summed E-state index contributed by atoms with van der Waals surface area (Å²) in [5, 5.41) is 4.02. The molecule has 51 heavy (non-hydrogen) atoms. The van der Waals surface area contributed by atoms with Gasteiger partial charge in [-0.15, -0.1) is 0 Å². The number of carbonyl (C=O) groups excluding carboxylic acids is 1. The molecule has 0 aliphatic carbocycles. The number of fused-ring (bicyclic) bond motifs is 9. The summed E-state index contributed by atoms with van der Waals surface area (Å²) in [6, 6.07) is 20.5. The van der Waals surface area contributed by atoms with E-state index in [4.69, 9.17) is 9.73 Å². The average Bonchev–Trinajstić information content (AvgIpc) is 3.93. The second-order valence-electron chi connectivity index (χ2n) is 14.1. The van der Waals surface area contributed by atoms with E-state index < -0.39 is 18.4 Å². The van der Waals surface area contributed by atoms with Crippen molar-refractivity contribution >= 4 is 41.6 Å². The van der Waals surface area contributed by atoms with Crippen molar-refractivity contribution in [3.05, 3.63) is 144 Å². The fourth-order valence-corrected chi connectivity index (χ4v) is 8.44. The van der Waals surface area contributed by atoms with Crippen LogP contribution in [-0.2, 0) is 11.2 Å². The van der Waals surface area contributed by atoms with Crippen molar-refractivity contribution in [2.24, 2.45) is 4.99 Å². The number of rotatable bonds is 7. The molecule has 0 spiro atoms. The largest absolute Gasteiger partial charge is 0.355 e. The van der Waals surface area contributed by atoms with Crippen molar-refractivity contribution in [2.45, 2.75) is 40.5 Å². The maximum Gasteiger partial charge on any atom is 0.0693 e. The van der Waals surface area contributed by atoms with E-state index in [1.54, 1.807) is 0 Å². The molecular formula is C43H47IN5O2-. The topological polar surface area (TPSA) is 102 Å². The molecule has 2 aliphatic rings. The Kier molecular flexibility index (Phi) is 9.54. The van der Waals surface area contributed by atoms with E-state index in [1.807, 2.05) is 24.3 Å². The zero-order valence-electron chi connectivity index (χ0n) is 30.6. The van der Waals surface area contributed by atoms with E-state index in [0.717, 1.165) is 84.0 Å². The van der Waals surface area contributed by atoms with Gasteiger partial charge < -0.3 is 9.97 Å². The van der Waals surface area contributed by atoms with Crippen LogP contribution < -0.4 is 39.8 Å². The number of hydrogen-bond donors (Lipinski definition) is 4. The van der Waals surface area contributed by atoms with Crippen LogP contribution in [0.3, 0.4) is 0 Å². The molecular weight excluding hydrogens is 745 g/mol. The van der Waals surface area contributed by atoms with E-state index in [2.05, 4.69) is 123 Å². The summed E-state index contributed by atoms with van der Waals surface area (Å²) in [5.74, 6) is -0.275. The predicted molar refractivity (Wildman–Crippen MR) is 207 cm³/mol. The van der Waals surface area contributed by atoms with Crippen LogP contribution >= 0.6 is 0 Å². The average molecular weight is 793 g/mol. The van der Waals surface area contributed by atoms with Crippen LogP contribution in [0.4, 0.5) is 0 Å². The van der Waals surface area contributed by atoms with Gasteiger partial charge in [0.15, 0.2) is 0 Å². The minimum Gasteiger partial charge on any atom is -0.355 e. The van der Waals surface area contributed by atoms with Gasteiger partial charge in [-0.25, -0.2) is 4.99 Å². The van der Waals surface area contributed by atoms with Gasteiger partial charge >= 0.3 is 157 Å². The molecule has 0 atom stereocenters. The van der Waals surface area contributed by atoms with Crippen LogP contribution in [0, 0.1) is 6.92 Å². The zero-order valence-corrected chi connectivity index (χ0v) is 32.7. The number of H-pyrrole nitrogens is 4. The maximum absolute atomic E-state index is 12.9. The number of carbonyl (C=O) groups is 1. The van der Waals surface area contributed by atoms with Crippen LogP contribution in [-0.4, -0.2) is 57.4 Å². The number of allylic oxidation sites excluding steroid dienone is 2.